The molecule has 26 heavy (non-hydrogen) atoms. The Morgan fingerprint density at radius 2 is 2.00 bits per heavy atom. The van der Waals surface area contributed by atoms with Crippen LogP contribution in [-0.2, 0) is 10.0 Å². The van der Waals surface area contributed by atoms with Gasteiger partial charge < -0.3 is 14.2 Å². The second-order valence-electron chi connectivity index (χ2n) is 6.28. The van der Waals surface area contributed by atoms with Gasteiger partial charge in [-0.1, -0.05) is 0 Å². The van der Waals surface area contributed by atoms with Gasteiger partial charge in [0, 0.05) is 18.8 Å². The Labute approximate surface area is 152 Å². The number of pyridine rings is 1. The van der Waals surface area contributed by atoms with E-state index in [9.17, 15) is 8.42 Å². The predicted molar refractivity (Wildman–Crippen MR) is 94.2 cm³/mol. The fraction of sp³-hybridized carbons (Fsp3) is 0.389. The Kier molecular flexibility index (Phi) is 4.46. The van der Waals surface area contributed by atoms with Crippen LogP contribution in [0.2, 0.25) is 0 Å². The van der Waals surface area contributed by atoms with Crippen LogP contribution >= 0.6 is 0 Å². The zero-order valence-electron chi connectivity index (χ0n) is 14.4. The van der Waals surface area contributed by atoms with E-state index < -0.39 is 10.0 Å². The van der Waals surface area contributed by atoms with Crippen LogP contribution in [-0.4, -0.2) is 50.1 Å². The Hall–Kier alpha value is -2.32. The molecule has 0 N–H and O–H groups in total. The number of ether oxygens (including phenoxy) is 3. The van der Waals surface area contributed by atoms with E-state index in [1.54, 1.807) is 24.4 Å². The molecule has 1 fully saturated rings. The molecule has 2 aliphatic rings. The molecular weight excluding hydrogens is 356 g/mol. The molecule has 2 aromatic rings. The quantitative estimate of drug-likeness (QED) is 0.812. The topological polar surface area (TPSA) is 78.0 Å². The predicted octanol–water partition coefficient (Wildman–Crippen LogP) is 2.00. The summed E-state index contributed by atoms with van der Waals surface area (Å²) in [5.74, 6) is 1.73. The highest BCUT2D eigenvalue weighted by molar-refractivity contribution is 7.89. The van der Waals surface area contributed by atoms with Gasteiger partial charge >= 0.3 is 0 Å². The van der Waals surface area contributed by atoms with Crippen molar-refractivity contribution in [3.8, 4) is 17.2 Å². The molecule has 0 spiro atoms. The van der Waals surface area contributed by atoms with Crippen molar-refractivity contribution in [2.24, 2.45) is 0 Å². The van der Waals surface area contributed by atoms with Gasteiger partial charge in [0.25, 0.3) is 0 Å². The smallest absolute Gasteiger partial charge is 0.243 e. The number of benzene rings is 1. The van der Waals surface area contributed by atoms with Gasteiger partial charge in [-0.3, -0.25) is 4.98 Å². The molecule has 0 radical (unpaired) electrons. The van der Waals surface area contributed by atoms with E-state index >= 15 is 0 Å². The average Bonchev–Trinajstić information content (AvgIpc) is 3.13. The van der Waals surface area contributed by atoms with Crippen LogP contribution in [0.25, 0.3) is 0 Å². The van der Waals surface area contributed by atoms with Crippen LogP contribution in [0.4, 0.5) is 0 Å². The zero-order valence-corrected chi connectivity index (χ0v) is 15.2. The molecule has 1 aromatic heterocycles. The fourth-order valence-electron chi connectivity index (χ4n) is 3.12. The Balaban J connectivity index is 1.50. The maximum Gasteiger partial charge on any atom is 0.243 e. The van der Waals surface area contributed by atoms with Crippen molar-refractivity contribution < 1.29 is 22.6 Å². The highest BCUT2D eigenvalue weighted by Gasteiger charge is 2.34. The summed E-state index contributed by atoms with van der Waals surface area (Å²) in [6.45, 7) is 3.48. The third kappa shape index (κ3) is 3.22. The maximum absolute atomic E-state index is 12.9. The summed E-state index contributed by atoms with van der Waals surface area (Å²) in [4.78, 5) is 4.40. The minimum Gasteiger partial charge on any atom is -0.487 e. The highest BCUT2D eigenvalue weighted by Crippen LogP contribution is 2.34. The number of rotatable bonds is 4. The largest absolute Gasteiger partial charge is 0.487 e. The van der Waals surface area contributed by atoms with Crippen molar-refractivity contribution in [1.29, 1.82) is 0 Å². The molecule has 1 unspecified atom stereocenters. The van der Waals surface area contributed by atoms with Crippen molar-refractivity contribution in [3.63, 3.8) is 0 Å². The molecule has 4 rings (SSSR count). The standard InChI is InChI=1S/C18H20N2O5S/c1-13-16(3-2-7-19-13)25-14-6-8-20(12-14)26(21,22)15-4-5-17-18(11-15)24-10-9-23-17/h2-5,7,11,14H,6,8-10,12H2,1H3. The van der Waals surface area contributed by atoms with Crippen molar-refractivity contribution in [2.75, 3.05) is 26.3 Å². The van der Waals surface area contributed by atoms with Crippen LogP contribution in [0.15, 0.2) is 41.4 Å². The first-order chi connectivity index (χ1) is 12.5. The fourth-order valence-corrected chi connectivity index (χ4v) is 4.62. The van der Waals surface area contributed by atoms with Gasteiger partial charge in [-0.25, -0.2) is 8.42 Å². The lowest BCUT2D eigenvalue weighted by atomic mass is 10.3. The molecule has 138 valence electrons. The second kappa shape index (κ2) is 6.77. The molecule has 2 aliphatic heterocycles. The summed E-state index contributed by atoms with van der Waals surface area (Å²) < 4.78 is 44.2. The summed E-state index contributed by atoms with van der Waals surface area (Å²) in [5.41, 5.74) is 0.792. The number of hydrogen-bond donors (Lipinski definition) is 0. The molecular formula is C18H20N2O5S. The third-order valence-electron chi connectivity index (χ3n) is 4.51. The minimum absolute atomic E-state index is 0.190. The van der Waals surface area contributed by atoms with E-state index in [1.165, 1.54) is 10.4 Å². The van der Waals surface area contributed by atoms with E-state index in [0.717, 1.165) is 5.69 Å². The van der Waals surface area contributed by atoms with E-state index in [-0.39, 0.29) is 11.0 Å². The highest BCUT2D eigenvalue weighted by atomic mass is 32.2. The lowest BCUT2D eigenvalue weighted by Gasteiger charge is -2.21. The van der Waals surface area contributed by atoms with Gasteiger partial charge in [0.1, 0.15) is 25.1 Å². The number of hydrogen-bond acceptors (Lipinski definition) is 6. The summed E-state index contributed by atoms with van der Waals surface area (Å²) >= 11 is 0. The van der Waals surface area contributed by atoms with Crippen molar-refractivity contribution in [2.45, 2.75) is 24.3 Å². The van der Waals surface area contributed by atoms with Gasteiger partial charge in [0.15, 0.2) is 11.5 Å². The summed E-state index contributed by atoms with van der Waals surface area (Å²) in [6.07, 6.45) is 2.15. The van der Waals surface area contributed by atoms with Gasteiger partial charge in [-0.2, -0.15) is 4.31 Å². The molecule has 1 aromatic carbocycles. The van der Waals surface area contributed by atoms with Crippen LogP contribution in [0.5, 0.6) is 17.2 Å². The van der Waals surface area contributed by atoms with E-state index in [2.05, 4.69) is 4.98 Å². The summed E-state index contributed by atoms with van der Waals surface area (Å²) in [7, 11) is -3.61. The number of fused-ring (bicyclic) bond motifs is 1. The van der Waals surface area contributed by atoms with E-state index in [1.807, 2.05) is 13.0 Å². The maximum atomic E-state index is 12.9. The zero-order chi connectivity index (χ0) is 18.1. The van der Waals surface area contributed by atoms with Crippen molar-refractivity contribution in [3.05, 3.63) is 42.2 Å². The Bertz CT molecular complexity index is 916. The monoisotopic (exact) mass is 376 g/mol. The SMILES string of the molecule is Cc1ncccc1OC1CCN(S(=O)(=O)c2ccc3c(c2)OCCO3)C1. The molecule has 0 saturated carbocycles. The Morgan fingerprint density at radius 3 is 2.81 bits per heavy atom. The van der Waals surface area contributed by atoms with Gasteiger partial charge in [-0.05, 0) is 37.6 Å². The normalized spacial score (nSPS) is 20.1. The van der Waals surface area contributed by atoms with Gasteiger partial charge in [0.2, 0.25) is 10.0 Å². The minimum atomic E-state index is -3.61. The molecule has 0 aliphatic carbocycles. The molecule has 1 atom stereocenters. The molecule has 0 amide bonds. The summed E-state index contributed by atoms with van der Waals surface area (Å²) in [6, 6.07) is 8.39. The summed E-state index contributed by atoms with van der Waals surface area (Å²) in [5, 5.41) is 0. The number of nitrogens with zero attached hydrogens (tertiary/aromatic N) is 2. The van der Waals surface area contributed by atoms with E-state index in [4.69, 9.17) is 14.2 Å². The first-order valence-corrected chi connectivity index (χ1v) is 9.96. The number of aromatic nitrogens is 1. The lowest BCUT2D eigenvalue weighted by molar-refractivity contribution is 0.171. The van der Waals surface area contributed by atoms with Crippen molar-refractivity contribution in [1.82, 2.24) is 9.29 Å². The van der Waals surface area contributed by atoms with Crippen LogP contribution in [0, 0.1) is 6.92 Å². The Morgan fingerprint density at radius 1 is 1.19 bits per heavy atom. The lowest BCUT2D eigenvalue weighted by Crippen LogP contribution is -2.31. The first-order valence-electron chi connectivity index (χ1n) is 8.52. The first kappa shape index (κ1) is 17.1. The number of aryl methyl sites for hydroxylation is 1. The van der Waals surface area contributed by atoms with E-state index in [0.29, 0.717) is 50.0 Å². The van der Waals surface area contributed by atoms with Crippen molar-refractivity contribution >= 4 is 10.0 Å². The van der Waals surface area contributed by atoms with Crippen LogP contribution in [0.3, 0.4) is 0 Å². The van der Waals surface area contributed by atoms with Gasteiger partial charge in [0.05, 0.1) is 17.1 Å². The second-order valence-corrected chi connectivity index (χ2v) is 8.22. The average molecular weight is 376 g/mol. The molecule has 1 saturated heterocycles. The van der Waals surface area contributed by atoms with Crippen LogP contribution in [0.1, 0.15) is 12.1 Å². The molecule has 3 heterocycles. The third-order valence-corrected chi connectivity index (χ3v) is 6.37. The number of sulfonamides is 1. The van der Waals surface area contributed by atoms with Gasteiger partial charge in [-0.15, -0.1) is 0 Å². The molecule has 7 nitrogen and oxygen atoms in total. The molecule has 8 heteroatoms. The molecule has 0 bridgehead atoms. The van der Waals surface area contributed by atoms with Crippen LogP contribution < -0.4 is 14.2 Å².